The van der Waals surface area contributed by atoms with Crippen LogP contribution < -0.4 is 11.1 Å². The molecule has 1 atom stereocenters. The number of carbonyl (C=O) groups excluding carboxylic acids is 1. The van der Waals surface area contributed by atoms with E-state index in [2.05, 4.69) is 9.97 Å². The predicted octanol–water partition coefficient (Wildman–Crippen LogP) is 5.23. The van der Waals surface area contributed by atoms with Crippen molar-refractivity contribution in [3.05, 3.63) is 65.7 Å². The van der Waals surface area contributed by atoms with E-state index in [4.69, 9.17) is 5.73 Å². The second-order valence-corrected chi connectivity index (χ2v) is 7.02. The van der Waals surface area contributed by atoms with Crippen molar-refractivity contribution in [1.82, 2.24) is 15.3 Å². The molecule has 3 rings (SSSR count). The van der Waals surface area contributed by atoms with E-state index in [-0.39, 0.29) is 28.2 Å². The maximum Gasteiger partial charge on any atom is 0.416 e. The molecule has 0 saturated carbocycles. The highest BCUT2D eigenvalue weighted by molar-refractivity contribution is 6.01. The topological polar surface area (TPSA) is 80.9 Å². The molecule has 5 nitrogen and oxygen atoms in total. The summed E-state index contributed by atoms with van der Waals surface area (Å²) in [6.45, 7) is 0.647. The molecule has 1 amide bonds. The van der Waals surface area contributed by atoms with Gasteiger partial charge < -0.3 is 11.1 Å². The summed E-state index contributed by atoms with van der Waals surface area (Å²) in [5, 5.41) is 1.63. The molecular formula is C21H15F7N4O. The molecule has 0 fully saturated rings. The van der Waals surface area contributed by atoms with E-state index < -0.39 is 41.2 Å². The van der Waals surface area contributed by atoms with Gasteiger partial charge in [-0.15, -0.1) is 0 Å². The fourth-order valence-electron chi connectivity index (χ4n) is 2.91. The van der Waals surface area contributed by atoms with Crippen molar-refractivity contribution in [2.45, 2.75) is 25.3 Å². The SMILES string of the molecule is CC(NC(=O)c1cc(C(F)(F)F)ccc1-c1ccc(-c2cnc(N)nc2)c(F)c1)C(F)(F)F. The van der Waals surface area contributed by atoms with Crippen molar-refractivity contribution >= 4 is 11.9 Å². The van der Waals surface area contributed by atoms with Crippen molar-refractivity contribution in [3.8, 4) is 22.3 Å². The average Bonchev–Trinajstić information content (AvgIpc) is 2.72. The van der Waals surface area contributed by atoms with Crippen LogP contribution in [-0.4, -0.2) is 28.1 Å². The number of rotatable bonds is 4. The molecule has 1 unspecified atom stereocenters. The molecule has 2 aromatic carbocycles. The number of amides is 1. The lowest BCUT2D eigenvalue weighted by atomic mass is 9.94. The van der Waals surface area contributed by atoms with Crippen LogP contribution in [0.1, 0.15) is 22.8 Å². The molecule has 33 heavy (non-hydrogen) atoms. The number of hydrogen-bond acceptors (Lipinski definition) is 4. The molecule has 0 radical (unpaired) electrons. The van der Waals surface area contributed by atoms with Crippen LogP contribution in [0.15, 0.2) is 48.8 Å². The Morgan fingerprint density at radius 1 is 0.939 bits per heavy atom. The third-order valence-corrected chi connectivity index (χ3v) is 4.69. The van der Waals surface area contributed by atoms with Gasteiger partial charge in [0.2, 0.25) is 5.95 Å². The molecule has 0 aliphatic heterocycles. The molecule has 174 valence electrons. The summed E-state index contributed by atoms with van der Waals surface area (Å²) in [4.78, 5) is 20.0. The van der Waals surface area contributed by atoms with Gasteiger partial charge in [-0.1, -0.05) is 18.2 Å². The van der Waals surface area contributed by atoms with E-state index in [1.807, 2.05) is 0 Å². The number of hydrogen-bond donors (Lipinski definition) is 2. The molecule has 3 aromatic rings. The second kappa shape index (κ2) is 8.68. The van der Waals surface area contributed by atoms with E-state index in [9.17, 15) is 35.5 Å². The first kappa shape index (κ1) is 24.0. The van der Waals surface area contributed by atoms with E-state index in [1.54, 1.807) is 5.32 Å². The number of benzene rings is 2. The summed E-state index contributed by atoms with van der Waals surface area (Å²) in [5.74, 6) is -2.25. The molecule has 3 N–H and O–H groups in total. The summed E-state index contributed by atoms with van der Waals surface area (Å²) in [6.07, 6.45) is -7.15. The lowest BCUT2D eigenvalue weighted by Crippen LogP contribution is -2.43. The van der Waals surface area contributed by atoms with Gasteiger partial charge in [-0.05, 0) is 36.2 Å². The van der Waals surface area contributed by atoms with Crippen LogP contribution in [0, 0.1) is 5.82 Å². The van der Waals surface area contributed by atoms with E-state index in [0.717, 1.165) is 12.1 Å². The monoisotopic (exact) mass is 472 g/mol. The maximum absolute atomic E-state index is 14.8. The van der Waals surface area contributed by atoms with Gasteiger partial charge in [-0.2, -0.15) is 26.3 Å². The van der Waals surface area contributed by atoms with Crippen LogP contribution in [0.3, 0.4) is 0 Å². The number of nitrogens with two attached hydrogens (primary N) is 1. The zero-order chi connectivity index (χ0) is 24.6. The summed E-state index contributed by atoms with van der Waals surface area (Å²) >= 11 is 0. The fraction of sp³-hybridized carbons (Fsp3) is 0.190. The van der Waals surface area contributed by atoms with Gasteiger partial charge in [-0.25, -0.2) is 14.4 Å². The Morgan fingerprint density at radius 3 is 2.09 bits per heavy atom. The minimum atomic E-state index is -4.85. The Bertz CT molecular complexity index is 1170. The predicted molar refractivity (Wildman–Crippen MR) is 105 cm³/mol. The van der Waals surface area contributed by atoms with Gasteiger partial charge in [0.25, 0.3) is 5.91 Å². The van der Waals surface area contributed by atoms with Crippen LogP contribution >= 0.6 is 0 Å². The number of aromatic nitrogens is 2. The van der Waals surface area contributed by atoms with Crippen LogP contribution in [0.4, 0.5) is 36.7 Å². The number of nitrogens with zero attached hydrogens (tertiary/aromatic N) is 2. The van der Waals surface area contributed by atoms with E-state index >= 15 is 0 Å². The molecule has 0 spiro atoms. The minimum Gasteiger partial charge on any atom is -0.368 e. The van der Waals surface area contributed by atoms with E-state index in [0.29, 0.717) is 19.1 Å². The zero-order valence-electron chi connectivity index (χ0n) is 16.7. The number of carbonyl (C=O) groups is 1. The third-order valence-electron chi connectivity index (χ3n) is 4.69. The van der Waals surface area contributed by atoms with Gasteiger partial charge in [0, 0.05) is 29.1 Å². The van der Waals surface area contributed by atoms with Crippen LogP contribution in [-0.2, 0) is 6.18 Å². The van der Waals surface area contributed by atoms with Crippen LogP contribution in [0.2, 0.25) is 0 Å². The third kappa shape index (κ3) is 5.38. The summed E-state index contributed by atoms with van der Waals surface area (Å²) < 4.78 is 92.8. The highest BCUT2D eigenvalue weighted by Crippen LogP contribution is 2.35. The van der Waals surface area contributed by atoms with Gasteiger partial charge in [0.1, 0.15) is 11.9 Å². The highest BCUT2D eigenvalue weighted by Gasteiger charge is 2.38. The lowest BCUT2D eigenvalue weighted by molar-refractivity contribution is -0.149. The first-order valence-corrected chi connectivity index (χ1v) is 9.24. The van der Waals surface area contributed by atoms with Gasteiger partial charge in [0.05, 0.1) is 5.56 Å². The number of anilines is 1. The summed E-state index contributed by atoms with van der Waals surface area (Å²) in [7, 11) is 0. The summed E-state index contributed by atoms with van der Waals surface area (Å²) in [6, 6.07) is 3.18. The van der Waals surface area contributed by atoms with Crippen molar-refractivity contribution in [2.75, 3.05) is 5.73 Å². The van der Waals surface area contributed by atoms with Crippen molar-refractivity contribution < 1.29 is 35.5 Å². The van der Waals surface area contributed by atoms with Gasteiger partial charge in [-0.3, -0.25) is 4.79 Å². The second-order valence-electron chi connectivity index (χ2n) is 7.02. The Labute approximate surface area is 182 Å². The Hall–Kier alpha value is -3.70. The molecule has 0 aliphatic carbocycles. The van der Waals surface area contributed by atoms with Crippen LogP contribution in [0.5, 0.6) is 0 Å². The molecular weight excluding hydrogens is 457 g/mol. The Morgan fingerprint density at radius 2 is 1.55 bits per heavy atom. The van der Waals surface area contributed by atoms with E-state index in [1.165, 1.54) is 24.5 Å². The number of alkyl halides is 6. The first-order chi connectivity index (χ1) is 15.3. The Kier molecular flexibility index (Phi) is 6.30. The standard InChI is InChI=1S/C21H15F7N4O/c1-10(20(23,24)25)32-18(33)16-7-13(21(26,27)28)3-5-14(16)11-2-4-15(17(22)6-11)12-8-30-19(29)31-9-12/h2-10H,1H3,(H,32,33)(H2,29,30,31). The molecule has 0 aliphatic rings. The maximum atomic E-state index is 14.8. The highest BCUT2D eigenvalue weighted by atomic mass is 19.4. The van der Waals surface area contributed by atoms with Crippen molar-refractivity contribution in [3.63, 3.8) is 0 Å². The quantitative estimate of drug-likeness (QED) is 0.510. The smallest absolute Gasteiger partial charge is 0.368 e. The largest absolute Gasteiger partial charge is 0.416 e. The first-order valence-electron chi connectivity index (χ1n) is 9.24. The molecule has 0 saturated heterocycles. The van der Waals surface area contributed by atoms with Crippen molar-refractivity contribution in [1.29, 1.82) is 0 Å². The van der Waals surface area contributed by atoms with Crippen molar-refractivity contribution in [2.24, 2.45) is 0 Å². The minimum absolute atomic E-state index is 0.0221. The van der Waals surface area contributed by atoms with Gasteiger partial charge >= 0.3 is 12.4 Å². The average molecular weight is 472 g/mol. The normalized spacial score (nSPS) is 13.0. The number of halogens is 7. The molecule has 12 heteroatoms. The Balaban J connectivity index is 2.07. The molecule has 0 bridgehead atoms. The molecule has 1 aromatic heterocycles. The zero-order valence-corrected chi connectivity index (χ0v) is 16.7. The number of nitrogen functional groups attached to an aromatic ring is 1. The summed E-state index contributed by atoms with van der Waals surface area (Å²) in [5.41, 5.74) is 3.55. The van der Waals surface area contributed by atoms with Gasteiger partial charge in [0.15, 0.2) is 0 Å². The molecule has 1 heterocycles. The lowest BCUT2D eigenvalue weighted by Gasteiger charge is -2.19. The van der Waals surface area contributed by atoms with Crippen LogP contribution in [0.25, 0.3) is 22.3 Å². The number of nitrogens with one attached hydrogen (secondary N) is 1. The fourth-order valence-corrected chi connectivity index (χ4v) is 2.91.